The number of rotatable bonds is 6. The highest BCUT2D eigenvalue weighted by atomic mass is 32.2. The lowest BCUT2D eigenvalue weighted by Gasteiger charge is -2.31. The minimum Gasteiger partial charge on any atom is -0.295 e. The molecule has 1 aliphatic rings. The molecule has 0 radical (unpaired) electrons. The van der Waals surface area contributed by atoms with E-state index in [4.69, 9.17) is 0 Å². The third-order valence-electron chi connectivity index (χ3n) is 4.99. The fourth-order valence-corrected chi connectivity index (χ4v) is 4.90. The molecule has 1 aromatic heterocycles. The van der Waals surface area contributed by atoms with Crippen molar-refractivity contribution >= 4 is 10.0 Å². The van der Waals surface area contributed by atoms with E-state index in [-0.39, 0.29) is 10.9 Å². The Morgan fingerprint density at radius 2 is 1.77 bits per heavy atom. The van der Waals surface area contributed by atoms with Gasteiger partial charge in [-0.05, 0) is 38.4 Å². The third kappa shape index (κ3) is 4.52. The quantitative estimate of drug-likeness (QED) is 0.842. The van der Waals surface area contributed by atoms with Crippen molar-refractivity contribution in [2.45, 2.75) is 43.5 Å². The van der Waals surface area contributed by atoms with Crippen molar-refractivity contribution in [1.82, 2.24) is 19.4 Å². The molecule has 0 saturated carbocycles. The van der Waals surface area contributed by atoms with Crippen LogP contribution >= 0.6 is 0 Å². The van der Waals surface area contributed by atoms with Gasteiger partial charge >= 0.3 is 0 Å². The van der Waals surface area contributed by atoms with Crippen LogP contribution in [-0.4, -0.2) is 42.7 Å². The lowest BCUT2D eigenvalue weighted by atomic mass is 10.1. The van der Waals surface area contributed by atoms with Gasteiger partial charge in [0.2, 0.25) is 10.0 Å². The van der Waals surface area contributed by atoms with Crippen LogP contribution in [0.4, 0.5) is 0 Å². The minimum atomic E-state index is -3.58. The van der Waals surface area contributed by atoms with E-state index in [1.807, 2.05) is 18.2 Å². The van der Waals surface area contributed by atoms with E-state index in [0.717, 1.165) is 31.5 Å². The molecule has 1 saturated heterocycles. The van der Waals surface area contributed by atoms with Gasteiger partial charge in [0.05, 0.1) is 5.69 Å². The van der Waals surface area contributed by atoms with Crippen molar-refractivity contribution < 1.29 is 8.42 Å². The van der Waals surface area contributed by atoms with Gasteiger partial charge in [-0.25, -0.2) is 13.1 Å². The first-order valence-corrected chi connectivity index (χ1v) is 10.7. The maximum atomic E-state index is 12.8. The van der Waals surface area contributed by atoms with Crippen LogP contribution < -0.4 is 4.72 Å². The van der Waals surface area contributed by atoms with Crippen LogP contribution in [0.15, 0.2) is 41.4 Å². The van der Waals surface area contributed by atoms with Crippen LogP contribution in [-0.2, 0) is 17.1 Å². The zero-order valence-electron chi connectivity index (χ0n) is 15.6. The molecule has 6 nitrogen and oxygen atoms in total. The van der Waals surface area contributed by atoms with Gasteiger partial charge in [0.1, 0.15) is 4.90 Å². The molecule has 0 spiro atoms. The molecule has 1 aliphatic heterocycles. The van der Waals surface area contributed by atoms with Gasteiger partial charge in [0.25, 0.3) is 0 Å². The van der Waals surface area contributed by atoms with E-state index in [0.29, 0.717) is 12.2 Å². The number of hydrogen-bond acceptors (Lipinski definition) is 4. The molecule has 2 heterocycles. The maximum Gasteiger partial charge on any atom is 0.244 e. The Morgan fingerprint density at radius 3 is 2.35 bits per heavy atom. The van der Waals surface area contributed by atoms with E-state index in [1.54, 1.807) is 20.2 Å². The normalized spacial score (nSPS) is 17.8. The Labute approximate surface area is 156 Å². The van der Waals surface area contributed by atoms with Crippen LogP contribution in [0.25, 0.3) is 0 Å². The van der Waals surface area contributed by atoms with Gasteiger partial charge in [-0.2, -0.15) is 5.10 Å². The van der Waals surface area contributed by atoms with Gasteiger partial charge < -0.3 is 0 Å². The number of aromatic nitrogens is 2. The molecule has 0 amide bonds. The summed E-state index contributed by atoms with van der Waals surface area (Å²) in [6.45, 7) is 4.10. The summed E-state index contributed by atoms with van der Waals surface area (Å²) in [6.07, 6.45) is 6.38. The average Bonchev–Trinajstić information content (AvgIpc) is 2.82. The van der Waals surface area contributed by atoms with Crippen LogP contribution in [0.2, 0.25) is 0 Å². The lowest BCUT2D eigenvalue weighted by Crippen LogP contribution is -2.38. The first-order chi connectivity index (χ1) is 12.5. The van der Waals surface area contributed by atoms with Gasteiger partial charge in [-0.1, -0.05) is 43.2 Å². The second-order valence-corrected chi connectivity index (χ2v) is 8.72. The highest BCUT2D eigenvalue weighted by molar-refractivity contribution is 7.89. The van der Waals surface area contributed by atoms with E-state index in [2.05, 4.69) is 26.9 Å². The molecular formula is C19H28N4O2S. The highest BCUT2D eigenvalue weighted by Crippen LogP contribution is 2.24. The zero-order chi connectivity index (χ0) is 18.6. The molecule has 3 rings (SSSR count). The summed E-state index contributed by atoms with van der Waals surface area (Å²) in [5, 5.41) is 4.15. The summed E-state index contributed by atoms with van der Waals surface area (Å²) < 4.78 is 29.9. The van der Waals surface area contributed by atoms with Crippen molar-refractivity contribution in [3.8, 4) is 0 Å². The summed E-state index contributed by atoms with van der Waals surface area (Å²) in [7, 11) is -1.85. The summed E-state index contributed by atoms with van der Waals surface area (Å²) in [4.78, 5) is 2.67. The maximum absolute atomic E-state index is 12.8. The summed E-state index contributed by atoms with van der Waals surface area (Å²) >= 11 is 0. The molecule has 142 valence electrons. The Bertz CT molecular complexity index is 809. The second-order valence-electron chi connectivity index (χ2n) is 6.98. The summed E-state index contributed by atoms with van der Waals surface area (Å²) in [5.41, 5.74) is 1.67. The van der Waals surface area contributed by atoms with Crippen molar-refractivity contribution in [2.75, 3.05) is 19.6 Å². The molecule has 1 fully saturated rings. The Balaban J connectivity index is 1.80. The first-order valence-electron chi connectivity index (χ1n) is 9.26. The van der Waals surface area contributed by atoms with Crippen molar-refractivity contribution in [1.29, 1.82) is 0 Å². The van der Waals surface area contributed by atoms with Crippen molar-refractivity contribution in [2.24, 2.45) is 7.05 Å². The van der Waals surface area contributed by atoms with Crippen LogP contribution in [0.3, 0.4) is 0 Å². The standard InChI is InChI=1S/C19H28N4O2S/c1-16-19(15-22(2)21-16)26(24,25)20-14-18(17-10-6-5-7-11-17)23-12-8-3-4-9-13-23/h5-7,10-11,15,18,20H,3-4,8-9,12-14H2,1-2H3/t18-/m0/s1. The third-order valence-corrected chi connectivity index (χ3v) is 6.52. The predicted molar refractivity (Wildman–Crippen MR) is 102 cm³/mol. The van der Waals surface area contributed by atoms with Gasteiger partial charge in [0.15, 0.2) is 0 Å². The topological polar surface area (TPSA) is 67.2 Å². The first kappa shape index (κ1) is 19.1. The number of nitrogens with one attached hydrogen (secondary N) is 1. The van der Waals surface area contributed by atoms with E-state index in [1.165, 1.54) is 17.5 Å². The Kier molecular flexibility index (Phi) is 6.11. The molecular weight excluding hydrogens is 348 g/mol. The van der Waals surface area contributed by atoms with E-state index >= 15 is 0 Å². The fourth-order valence-electron chi connectivity index (χ4n) is 3.65. The highest BCUT2D eigenvalue weighted by Gasteiger charge is 2.25. The molecule has 1 N–H and O–H groups in total. The number of aryl methyl sites for hydroxylation is 2. The molecule has 1 aromatic carbocycles. The smallest absolute Gasteiger partial charge is 0.244 e. The van der Waals surface area contributed by atoms with Crippen LogP contribution in [0.1, 0.15) is 43.0 Å². The SMILES string of the molecule is Cc1nn(C)cc1S(=O)(=O)NC[C@@H](c1ccccc1)N1CCCCCC1. The van der Waals surface area contributed by atoms with Crippen molar-refractivity contribution in [3.05, 3.63) is 47.8 Å². The monoisotopic (exact) mass is 376 g/mol. The molecule has 7 heteroatoms. The molecule has 0 bridgehead atoms. The Morgan fingerprint density at radius 1 is 1.12 bits per heavy atom. The van der Waals surface area contributed by atoms with Crippen molar-refractivity contribution in [3.63, 3.8) is 0 Å². The Hall–Kier alpha value is -1.70. The van der Waals surface area contributed by atoms with Gasteiger partial charge in [0, 0.05) is 25.8 Å². The summed E-state index contributed by atoms with van der Waals surface area (Å²) in [6, 6.07) is 10.2. The molecule has 26 heavy (non-hydrogen) atoms. The summed E-state index contributed by atoms with van der Waals surface area (Å²) in [5.74, 6) is 0. The van der Waals surface area contributed by atoms with Gasteiger partial charge in [-0.3, -0.25) is 9.58 Å². The molecule has 0 unspecified atom stereocenters. The molecule has 2 aromatic rings. The van der Waals surface area contributed by atoms with E-state index < -0.39 is 10.0 Å². The largest absolute Gasteiger partial charge is 0.295 e. The zero-order valence-corrected chi connectivity index (χ0v) is 16.4. The molecule has 0 aliphatic carbocycles. The number of likely N-dealkylation sites (tertiary alicyclic amines) is 1. The molecule has 1 atom stereocenters. The van der Waals surface area contributed by atoms with Gasteiger partial charge in [-0.15, -0.1) is 0 Å². The second kappa shape index (κ2) is 8.33. The predicted octanol–water partition coefficient (Wildman–Crippen LogP) is 2.62. The number of sulfonamides is 1. The average molecular weight is 377 g/mol. The fraction of sp³-hybridized carbons (Fsp3) is 0.526. The van der Waals surface area contributed by atoms with Crippen LogP contribution in [0.5, 0.6) is 0 Å². The van der Waals surface area contributed by atoms with Crippen LogP contribution in [0, 0.1) is 6.92 Å². The minimum absolute atomic E-state index is 0.0426. The number of benzene rings is 1. The number of nitrogens with zero attached hydrogens (tertiary/aromatic N) is 3. The van der Waals surface area contributed by atoms with E-state index in [9.17, 15) is 8.42 Å². The number of hydrogen-bond donors (Lipinski definition) is 1. The lowest BCUT2D eigenvalue weighted by molar-refractivity contribution is 0.206.